The molecular formula is C12H11BrFN3. The van der Waals surface area contributed by atoms with Gasteiger partial charge >= 0.3 is 0 Å². The number of anilines is 1. The van der Waals surface area contributed by atoms with Crippen LogP contribution in [0.4, 0.5) is 10.2 Å². The third-order valence-electron chi connectivity index (χ3n) is 2.48. The van der Waals surface area contributed by atoms with Gasteiger partial charge in [-0.2, -0.15) is 0 Å². The van der Waals surface area contributed by atoms with Crippen LogP contribution < -0.4 is 5.73 Å². The molecule has 0 aliphatic carbocycles. The summed E-state index contributed by atoms with van der Waals surface area (Å²) in [7, 11) is 0. The molecular weight excluding hydrogens is 285 g/mol. The lowest BCUT2D eigenvalue weighted by Gasteiger charge is -2.08. The maximum absolute atomic E-state index is 13.2. The minimum absolute atomic E-state index is 0.312. The first-order valence-corrected chi connectivity index (χ1v) is 5.84. The van der Waals surface area contributed by atoms with Crippen LogP contribution in [0.2, 0.25) is 0 Å². The van der Waals surface area contributed by atoms with E-state index in [-0.39, 0.29) is 5.82 Å². The molecule has 0 spiro atoms. The summed E-state index contributed by atoms with van der Waals surface area (Å²) >= 11 is 3.29. The van der Waals surface area contributed by atoms with Crippen molar-refractivity contribution < 1.29 is 4.39 Å². The molecule has 0 saturated carbocycles. The lowest BCUT2D eigenvalue weighted by Crippen LogP contribution is -2.01. The fourth-order valence-electron chi connectivity index (χ4n) is 1.54. The van der Waals surface area contributed by atoms with E-state index in [1.54, 1.807) is 6.07 Å². The first-order chi connectivity index (χ1) is 7.99. The first kappa shape index (κ1) is 12.0. The van der Waals surface area contributed by atoms with Crippen molar-refractivity contribution in [3.63, 3.8) is 0 Å². The van der Waals surface area contributed by atoms with Crippen molar-refractivity contribution in [2.75, 3.05) is 5.73 Å². The zero-order chi connectivity index (χ0) is 12.6. The lowest BCUT2D eigenvalue weighted by molar-refractivity contribution is 0.627. The summed E-state index contributed by atoms with van der Waals surface area (Å²) in [4.78, 5) is 8.46. The monoisotopic (exact) mass is 295 g/mol. The van der Waals surface area contributed by atoms with Gasteiger partial charge in [-0.15, -0.1) is 0 Å². The summed E-state index contributed by atoms with van der Waals surface area (Å²) in [6, 6.07) is 4.52. The summed E-state index contributed by atoms with van der Waals surface area (Å²) in [6.45, 7) is 3.70. The van der Waals surface area contributed by atoms with Gasteiger partial charge in [0, 0.05) is 5.56 Å². The second kappa shape index (κ2) is 4.41. The number of aryl methyl sites for hydroxylation is 2. The van der Waals surface area contributed by atoms with Gasteiger partial charge in [0.25, 0.3) is 0 Å². The van der Waals surface area contributed by atoms with E-state index in [0.717, 1.165) is 11.3 Å². The number of nitrogens with two attached hydrogens (primary N) is 1. The number of benzene rings is 1. The smallest absolute Gasteiger partial charge is 0.162 e. The Morgan fingerprint density at radius 2 is 1.94 bits per heavy atom. The van der Waals surface area contributed by atoms with Crippen LogP contribution in [0.25, 0.3) is 11.4 Å². The Labute approximate surface area is 107 Å². The maximum atomic E-state index is 13.2. The zero-order valence-corrected chi connectivity index (χ0v) is 11.0. The fourth-order valence-corrected chi connectivity index (χ4v) is 1.71. The summed E-state index contributed by atoms with van der Waals surface area (Å²) in [5.41, 5.74) is 8.06. The largest absolute Gasteiger partial charge is 0.383 e. The Bertz CT molecular complexity index is 561. The third-order valence-corrected chi connectivity index (χ3v) is 3.46. The molecule has 17 heavy (non-hydrogen) atoms. The fraction of sp³-hybridized carbons (Fsp3) is 0.167. The molecule has 0 bridgehead atoms. The summed E-state index contributed by atoms with van der Waals surface area (Å²) in [6.07, 6.45) is 0. The molecule has 0 aliphatic heterocycles. The molecule has 0 amide bonds. The van der Waals surface area contributed by atoms with Crippen LogP contribution in [0.3, 0.4) is 0 Å². The number of nitrogens with zero attached hydrogens (tertiary/aromatic N) is 2. The van der Waals surface area contributed by atoms with Gasteiger partial charge in [-0.25, -0.2) is 14.4 Å². The van der Waals surface area contributed by atoms with Gasteiger partial charge in [0.05, 0.1) is 10.2 Å². The third kappa shape index (κ3) is 2.29. The molecule has 88 valence electrons. The highest BCUT2D eigenvalue weighted by atomic mass is 79.9. The van der Waals surface area contributed by atoms with E-state index in [2.05, 4.69) is 25.9 Å². The number of aromatic nitrogens is 2. The number of nitrogen functional groups attached to an aromatic ring is 1. The lowest BCUT2D eigenvalue weighted by atomic mass is 10.1. The molecule has 0 radical (unpaired) electrons. The minimum Gasteiger partial charge on any atom is -0.383 e. The zero-order valence-electron chi connectivity index (χ0n) is 9.46. The van der Waals surface area contributed by atoms with Gasteiger partial charge in [0.2, 0.25) is 0 Å². The molecule has 1 aromatic carbocycles. The summed E-state index contributed by atoms with van der Waals surface area (Å²) in [5, 5.41) is 0. The topological polar surface area (TPSA) is 51.8 Å². The predicted molar refractivity (Wildman–Crippen MR) is 69.0 cm³/mol. The number of rotatable bonds is 1. The van der Waals surface area contributed by atoms with Gasteiger partial charge < -0.3 is 5.73 Å². The van der Waals surface area contributed by atoms with Crippen LogP contribution in [0.15, 0.2) is 22.7 Å². The Kier molecular flexibility index (Phi) is 3.11. The highest BCUT2D eigenvalue weighted by molar-refractivity contribution is 9.10. The van der Waals surface area contributed by atoms with Crippen molar-refractivity contribution in [2.24, 2.45) is 0 Å². The van der Waals surface area contributed by atoms with Crippen LogP contribution in [-0.2, 0) is 0 Å². The highest BCUT2D eigenvalue weighted by Crippen LogP contribution is 2.26. The molecule has 0 fully saturated rings. The minimum atomic E-state index is -0.312. The normalized spacial score (nSPS) is 10.6. The first-order valence-electron chi connectivity index (χ1n) is 5.05. The van der Waals surface area contributed by atoms with Crippen LogP contribution in [0, 0.1) is 19.7 Å². The van der Waals surface area contributed by atoms with E-state index in [0.29, 0.717) is 21.7 Å². The Morgan fingerprint density at radius 3 is 2.59 bits per heavy atom. The number of hydrogen-bond acceptors (Lipinski definition) is 3. The van der Waals surface area contributed by atoms with Gasteiger partial charge in [0.1, 0.15) is 11.6 Å². The van der Waals surface area contributed by atoms with Crippen LogP contribution in [-0.4, -0.2) is 9.97 Å². The quantitative estimate of drug-likeness (QED) is 0.879. The van der Waals surface area contributed by atoms with Gasteiger partial charge in [-0.05, 0) is 47.5 Å². The van der Waals surface area contributed by atoms with E-state index >= 15 is 0 Å². The summed E-state index contributed by atoms with van der Waals surface area (Å²) in [5.74, 6) is 0.490. The van der Waals surface area contributed by atoms with Gasteiger partial charge in [0.15, 0.2) is 5.82 Å². The molecule has 0 saturated heterocycles. The molecule has 3 nitrogen and oxygen atoms in total. The molecule has 1 heterocycles. The van der Waals surface area contributed by atoms with Crippen molar-refractivity contribution >= 4 is 21.7 Å². The van der Waals surface area contributed by atoms with E-state index in [9.17, 15) is 4.39 Å². The second-order valence-corrected chi connectivity index (χ2v) is 4.58. The highest BCUT2D eigenvalue weighted by Gasteiger charge is 2.11. The van der Waals surface area contributed by atoms with Crippen molar-refractivity contribution in [3.05, 3.63) is 39.7 Å². The van der Waals surface area contributed by atoms with Crippen molar-refractivity contribution in [1.82, 2.24) is 9.97 Å². The predicted octanol–water partition coefficient (Wildman–Crippen LogP) is 3.24. The molecule has 2 rings (SSSR count). The van der Waals surface area contributed by atoms with Crippen LogP contribution in [0.5, 0.6) is 0 Å². The average Bonchev–Trinajstić information content (AvgIpc) is 2.28. The van der Waals surface area contributed by atoms with E-state index in [4.69, 9.17) is 5.73 Å². The van der Waals surface area contributed by atoms with Crippen molar-refractivity contribution in [2.45, 2.75) is 13.8 Å². The Morgan fingerprint density at radius 1 is 1.24 bits per heavy atom. The standard InChI is InChI=1S/C12H11BrFN3/c1-6-3-4-8(14)5-9(6)12-16-7(2)10(13)11(15)17-12/h3-5H,1-2H3,(H2,15,16,17). The second-order valence-electron chi connectivity index (χ2n) is 3.79. The van der Waals surface area contributed by atoms with E-state index in [1.807, 2.05) is 13.8 Å². The maximum Gasteiger partial charge on any atom is 0.162 e. The average molecular weight is 296 g/mol. The Balaban J connectivity index is 2.64. The molecule has 0 aliphatic rings. The molecule has 0 unspecified atom stereocenters. The molecule has 2 N–H and O–H groups in total. The number of hydrogen-bond donors (Lipinski definition) is 1. The Hall–Kier alpha value is -1.49. The number of halogens is 2. The van der Waals surface area contributed by atoms with Crippen LogP contribution >= 0.6 is 15.9 Å². The van der Waals surface area contributed by atoms with Gasteiger partial charge in [-0.3, -0.25) is 0 Å². The molecule has 2 aromatic rings. The van der Waals surface area contributed by atoms with Crippen LogP contribution in [0.1, 0.15) is 11.3 Å². The molecule has 1 aromatic heterocycles. The van der Waals surface area contributed by atoms with Crippen molar-refractivity contribution in [3.8, 4) is 11.4 Å². The van der Waals surface area contributed by atoms with E-state index in [1.165, 1.54) is 12.1 Å². The van der Waals surface area contributed by atoms with Crippen molar-refractivity contribution in [1.29, 1.82) is 0 Å². The SMILES string of the molecule is Cc1ccc(F)cc1-c1nc(C)c(Br)c(N)n1. The summed E-state index contributed by atoms with van der Waals surface area (Å²) < 4.78 is 13.9. The van der Waals surface area contributed by atoms with E-state index < -0.39 is 0 Å². The van der Waals surface area contributed by atoms with Gasteiger partial charge in [-0.1, -0.05) is 6.07 Å². The molecule has 5 heteroatoms. The molecule has 0 atom stereocenters.